The van der Waals surface area contributed by atoms with Gasteiger partial charge in [0.15, 0.2) is 5.96 Å². The Kier molecular flexibility index (Phi) is 6.31. The highest BCUT2D eigenvalue weighted by atomic mass is 16.3. The van der Waals surface area contributed by atoms with Crippen LogP contribution in [-0.4, -0.2) is 36.8 Å². The monoisotopic (exact) mass is 283 g/mol. The molecule has 1 rings (SSSR count). The predicted octanol–water partition coefficient (Wildman–Crippen LogP) is 2.53. The topological polar surface area (TPSA) is 56.7 Å². The van der Waals surface area contributed by atoms with Crippen LogP contribution in [0.15, 0.2) is 4.99 Å². The van der Waals surface area contributed by atoms with Gasteiger partial charge in [0.25, 0.3) is 0 Å². The molecule has 1 aliphatic rings. The van der Waals surface area contributed by atoms with E-state index in [0.29, 0.717) is 11.5 Å². The van der Waals surface area contributed by atoms with Crippen LogP contribution < -0.4 is 10.6 Å². The standard InChI is InChI=1S/C16H33N3O/c1-6-17-14(18-11-16(12-20)9-10-16)19-13(2)7-8-15(3,4)5/h13,20H,6-12H2,1-5H3,(H2,17,18,19). The van der Waals surface area contributed by atoms with Gasteiger partial charge in [-0.3, -0.25) is 4.99 Å². The van der Waals surface area contributed by atoms with Crippen molar-refractivity contribution < 1.29 is 5.11 Å². The second kappa shape index (κ2) is 7.30. The first-order valence-corrected chi connectivity index (χ1v) is 7.96. The van der Waals surface area contributed by atoms with Gasteiger partial charge in [0, 0.05) is 18.0 Å². The van der Waals surface area contributed by atoms with Crippen molar-refractivity contribution in [2.24, 2.45) is 15.8 Å². The summed E-state index contributed by atoms with van der Waals surface area (Å²) in [7, 11) is 0. The van der Waals surface area contributed by atoms with Crippen LogP contribution in [0.1, 0.15) is 60.3 Å². The second-order valence-corrected chi connectivity index (χ2v) is 7.50. The fourth-order valence-corrected chi connectivity index (χ4v) is 2.06. The summed E-state index contributed by atoms with van der Waals surface area (Å²) in [5.74, 6) is 0.883. The molecule has 0 aromatic carbocycles. The number of hydrogen-bond donors (Lipinski definition) is 3. The van der Waals surface area contributed by atoms with Crippen molar-refractivity contribution in [2.75, 3.05) is 19.7 Å². The van der Waals surface area contributed by atoms with Crippen molar-refractivity contribution in [2.45, 2.75) is 66.3 Å². The van der Waals surface area contributed by atoms with E-state index < -0.39 is 0 Å². The number of nitrogens with zero attached hydrogens (tertiary/aromatic N) is 1. The van der Waals surface area contributed by atoms with Crippen molar-refractivity contribution in [3.8, 4) is 0 Å². The molecule has 3 N–H and O–H groups in total. The first kappa shape index (κ1) is 17.3. The molecule has 1 saturated carbocycles. The van der Waals surface area contributed by atoms with Gasteiger partial charge in [-0.05, 0) is 44.9 Å². The number of aliphatic imine (C=N–C) groups is 1. The van der Waals surface area contributed by atoms with Gasteiger partial charge in [-0.25, -0.2) is 0 Å². The fraction of sp³-hybridized carbons (Fsp3) is 0.938. The van der Waals surface area contributed by atoms with Crippen LogP contribution in [-0.2, 0) is 0 Å². The first-order chi connectivity index (χ1) is 9.30. The minimum Gasteiger partial charge on any atom is -0.396 e. The Balaban J connectivity index is 2.43. The first-order valence-electron chi connectivity index (χ1n) is 7.96. The third-order valence-corrected chi connectivity index (χ3v) is 3.92. The molecular formula is C16H33N3O. The zero-order chi connectivity index (χ0) is 15.2. The predicted molar refractivity (Wildman–Crippen MR) is 86.0 cm³/mol. The number of aliphatic hydroxyl groups is 1. The molecule has 20 heavy (non-hydrogen) atoms. The highest BCUT2D eigenvalue weighted by molar-refractivity contribution is 5.80. The van der Waals surface area contributed by atoms with Crippen LogP contribution in [0, 0.1) is 10.8 Å². The van der Waals surface area contributed by atoms with Gasteiger partial charge in [-0.2, -0.15) is 0 Å². The van der Waals surface area contributed by atoms with E-state index in [-0.39, 0.29) is 12.0 Å². The molecule has 0 radical (unpaired) electrons. The Hall–Kier alpha value is -0.770. The summed E-state index contributed by atoms with van der Waals surface area (Å²) in [5.41, 5.74) is 0.456. The Morgan fingerprint density at radius 1 is 1.35 bits per heavy atom. The summed E-state index contributed by atoms with van der Waals surface area (Å²) in [6.07, 6.45) is 4.54. The molecule has 0 amide bonds. The molecule has 0 bridgehead atoms. The van der Waals surface area contributed by atoms with Crippen LogP contribution in [0.25, 0.3) is 0 Å². The zero-order valence-corrected chi connectivity index (χ0v) is 13.9. The molecule has 0 saturated heterocycles. The van der Waals surface area contributed by atoms with Crippen molar-refractivity contribution >= 4 is 5.96 Å². The van der Waals surface area contributed by atoms with E-state index in [0.717, 1.165) is 38.3 Å². The molecule has 1 unspecified atom stereocenters. The molecule has 0 heterocycles. The van der Waals surface area contributed by atoms with Gasteiger partial charge in [0.05, 0.1) is 13.2 Å². The number of aliphatic hydroxyl groups excluding tert-OH is 1. The molecule has 1 atom stereocenters. The lowest BCUT2D eigenvalue weighted by Gasteiger charge is -2.23. The molecule has 0 aromatic heterocycles. The van der Waals surface area contributed by atoms with Crippen LogP contribution in [0.4, 0.5) is 0 Å². The largest absolute Gasteiger partial charge is 0.396 e. The SMILES string of the molecule is CCNC(=NCC1(CO)CC1)NC(C)CCC(C)(C)C. The average molecular weight is 283 g/mol. The van der Waals surface area contributed by atoms with Crippen molar-refractivity contribution in [3.05, 3.63) is 0 Å². The fourth-order valence-electron chi connectivity index (χ4n) is 2.06. The highest BCUT2D eigenvalue weighted by Crippen LogP contribution is 2.45. The summed E-state index contributed by atoms with van der Waals surface area (Å²) in [5, 5.41) is 16.1. The van der Waals surface area contributed by atoms with Gasteiger partial charge < -0.3 is 15.7 Å². The third kappa shape index (κ3) is 6.60. The number of hydrogen-bond acceptors (Lipinski definition) is 2. The van der Waals surface area contributed by atoms with E-state index in [2.05, 4.69) is 50.2 Å². The molecule has 4 heteroatoms. The molecule has 0 aromatic rings. The van der Waals surface area contributed by atoms with Crippen molar-refractivity contribution in [3.63, 3.8) is 0 Å². The van der Waals surface area contributed by atoms with Crippen molar-refractivity contribution in [1.29, 1.82) is 0 Å². The molecule has 0 aliphatic heterocycles. The highest BCUT2D eigenvalue weighted by Gasteiger charge is 2.41. The van der Waals surface area contributed by atoms with E-state index in [4.69, 9.17) is 0 Å². The lowest BCUT2D eigenvalue weighted by molar-refractivity contribution is 0.216. The minimum absolute atomic E-state index is 0.0804. The lowest BCUT2D eigenvalue weighted by atomic mass is 9.89. The summed E-state index contributed by atoms with van der Waals surface area (Å²) < 4.78 is 0. The van der Waals surface area contributed by atoms with Crippen LogP contribution in [0.3, 0.4) is 0 Å². The summed E-state index contributed by atoms with van der Waals surface area (Å²) in [6.45, 7) is 13.0. The Morgan fingerprint density at radius 3 is 2.45 bits per heavy atom. The molecule has 1 fully saturated rings. The van der Waals surface area contributed by atoms with Gasteiger partial charge in [-0.15, -0.1) is 0 Å². The average Bonchev–Trinajstić information content (AvgIpc) is 3.14. The van der Waals surface area contributed by atoms with E-state index in [9.17, 15) is 5.11 Å². The molecule has 118 valence electrons. The maximum Gasteiger partial charge on any atom is 0.191 e. The normalized spacial score (nSPS) is 19.6. The molecule has 1 aliphatic carbocycles. The van der Waals surface area contributed by atoms with E-state index >= 15 is 0 Å². The number of rotatable bonds is 7. The van der Waals surface area contributed by atoms with Gasteiger partial charge in [0.1, 0.15) is 0 Å². The Morgan fingerprint density at radius 2 is 2.00 bits per heavy atom. The van der Waals surface area contributed by atoms with E-state index in [1.807, 2.05) is 0 Å². The maximum atomic E-state index is 9.34. The molecular weight excluding hydrogens is 250 g/mol. The molecule has 4 nitrogen and oxygen atoms in total. The van der Waals surface area contributed by atoms with Gasteiger partial charge in [-0.1, -0.05) is 20.8 Å². The second-order valence-electron chi connectivity index (χ2n) is 7.50. The number of nitrogens with one attached hydrogen (secondary N) is 2. The Bertz CT molecular complexity index is 316. The van der Waals surface area contributed by atoms with Gasteiger partial charge >= 0.3 is 0 Å². The van der Waals surface area contributed by atoms with E-state index in [1.54, 1.807) is 0 Å². The van der Waals surface area contributed by atoms with Crippen LogP contribution in [0.5, 0.6) is 0 Å². The van der Waals surface area contributed by atoms with Crippen LogP contribution in [0.2, 0.25) is 0 Å². The third-order valence-electron chi connectivity index (χ3n) is 3.92. The smallest absolute Gasteiger partial charge is 0.191 e. The summed E-state index contributed by atoms with van der Waals surface area (Å²) in [4.78, 5) is 4.64. The summed E-state index contributed by atoms with van der Waals surface area (Å²) >= 11 is 0. The Labute approximate surface area is 124 Å². The van der Waals surface area contributed by atoms with Crippen molar-refractivity contribution in [1.82, 2.24) is 10.6 Å². The summed E-state index contributed by atoms with van der Waals surface area (Å²) in [6, 6.07) is 0.413. The quantitative estimate of drug-likeness (QED) is 0.497. The van der Waals surface area contributed by atoms with Crippen LogP contribution >= 0.6 is 0 Å². The van der Waals surface area contributed by atoms with Gasteiger partial charge in [0.2, 0.25) is 0 Å². The molecule has 0 spiro atoms. The number of guanidine groups is 1. The lowest BCUT2D eigenvalue weighted by Crippen LogP contribution is -2.43. The zero-order valence-electron chi connectivity index (χ0n) is 13.9. The minimum atomic E-state index is 0.0804. The van der Waals surface area contributed by atoms with E-state index in [1.165, 1.54) is 6.42 Å². The maximum absolute atomic E-state index is 9.34.